The van der Waals surface area contributed by atoms with Crippen LogP contribution in [0.15, 0.2) is 73.7 Å². The van der Waals surface area contributed by atoms with Crippen molar-refractivity contribution in [2.45, 2.75) is 10.9 Å². The van der Waals surface area contributed by atoms with Crippen LogP contribution in [0.25, 0.3) is 0 Å². The molecule has 0 amide bonds. The SMILES string of the molecule is Cn1cc(S(=O)(=O)NC(c2cccc(F)c2)c2cccc(Br)c2)c(=O)[nH]c1=O. The predicted octanol–water partition coefficient (Wildman–Crippen LogP) is 2.04. The summed E-state index contributed by atoms with van der Waals surface area (Å²) < 4.78 is 43.6. The first-order chi connectivity index (χ1) is 13.2. The zero-order valence-electron chi connectivity index (χ0n) is 14.5. The number of nitrogens with zero attached hydrogens (tertiary/aromatic N) is 1. The van der Waals surface area contributed by atoms with Crippen LogP contribution in [0.5, 0.6) is 0 Å². The summed E-state index contributed by atoms with van der Waals surface area (Å²) in [5, 5.41) is 0. The molecule has 2 N–H and O–H groups in total. The summed E-state index contributed by atoms with van der Waals surface area (Å²) in [6.07, 6.45) is 0.938. The van der Waals surface area contributed by atoms with Crippen LogP contribution < -0.4 is 16.0 Å². The molecule has 1 heterocycles. The molecule has 3 aromatic rings. The van der Waals surface area contributed by atoms with Gasteiger partial charge in [0, 0.05) is 17.7 Å². The molecule has 0 fully saturated rings. The van der Waals surface area contributed by atoms with E-state index in [2.05, 4.69) is 20.7 Å². The van der Waals surface area contributed by atoms with Gasteiger partial charge in [-0.2, -0.15) is 4.72 Å². The summed E-state index contributed by atoms with van der Waals surface area (Å²) in [5.41, 5.74) is -0.895. The molecule has 10 heteroatoms. The minimum atomic E-state index is -4.34. The van der Waals surface area contributed by atoms with Crippen molar-refractivity contribution in [3.05, 3.63) is 97.0 Å². The lowest BCUT2D eigenvalue weighted by molar-refractivity contribution is 0.566. The Balaban J connectivity index is 2.13. The van der Waals surface area contributed by atoms with Crippen LogP contribution in [-0.2, 0) is 17.1 Å². The average molecular weight is 468 g/mol. The number of hydrogen-bond donors (Lipinski definition) is 2. The van der Waals surface area contributed by atoms with E-state index in [1.54, 1.807) is 30.3 Å². The zero-order valence-corrected chi connectivity index (χ0v) is 16.9. The van der Waals surface area contributed by atoms with Gasteiger partial charge in [0.25, 0.3) is 5.56 Å². The Hall–Kier alpha value is -2.56. The van der Waals surface area contributed by atoms with E-state index in [4.69, 9.17) is 0 Å². The van der Waals surface area contributed by atoms with Crippen molar-refractivity contribution in [1.29, 1.82) is 0 Å². The lowest BCUT2D eigenvalue weighted by Gasteiger charge is -2.20. The molecule has 0 aliphatic rings. The van der Waals surface area contributed by atoms with Gasteiger partial charge in [0.1, 0.15) is 5.82 Å². The van der Waals surface area contributed by atoms with E-state index in [1.165, 1.54) is 25.2 Å². The van der Waals surface area contributed by atoms with E-state index in [-0.39, 0.29) is 0 Å². The van der Waals surface area contributed by atoms with Crippen molar-refractivity contribution in [1.82, 2.24) is 14.3 Å². The normalized spacial score (nSPS) is 12.7. The molecule has 0 aliphatic carbocycles. The number of hydrogen-bond acceptors (Lipinski definition) is 4. The van der Waals surface area contributed by atoms with Crippen molar-refractivity contribution in [3.8, 4) is 0 Å². The molecule has 0 bridgehead atoms. The van der Waals surface area contributed by atoms with Gasteiger partial charge in [0.05, 0.1) is 6.04 Å². The number of benzene rings is 2. The Bertz CT molecular complexity index is 1210. The Morgan fingerprint density at radius 2 is 1.75 bits per heavy atom. The Kier molecular flexibility index (Phi) is 5.64. The van der Waals surface area contributed by atoms with Crippen molar-refractivity contribution < 1.29 is 12.8 Å². The maximum Gasteiger partial charge on any atom is 0.328 e. The molecule has 1 unspecified atom stereocenters. The molecular formula is C18H15BrFN3O4S. The van der Waals surface area contributed by atoms with Crippen LogP contribution in [0.4, 0.5) is 4.39 Å². The Morgan fingerprint density at radius 1 is 1.11 bits per heavy atom. The number of halogens is 2. The highest BCUT2D eigenvalue weighted by Crippen LogP contribution is 2.26. The maximum atomic E-state index is 13.8. The van der Waals surface area contributed by atoms with Gasteiger partial charge in [-0.05, 0) is 35.4 Å². The van der Waals surface area contributed by atoms with E-state index in [0.717, 1.165) is 10.8 Å². The first-order valence-corrected chi connectivity index (χ1v) is 10.3. The molecule has 3 rings (SSSR count). The van der Waals surface area contributed by atoms with Crippen LogP contribution in [-0.4, -0.2) is 18.0 Å². The third-order valence-electron chi connectivity index (χ3n) is 4.00. The molecule has 28 heavy (non-hydrogen) atoms. The standard InChI is InChI=1S/C18H15BrFN3O4S/c1-23-10-15(17(24)21-18(23)25)28(26,27)22-16(11-4-2-6-13(19)8-11)12-5-3-7-14(20)9-12/h2-10,16,22H,1H3,(H,21,24,25). The number of aromatic nitrogens is 2. The Morgan fingerprint density at radius 3 is 2.39 bits per heavy atom. The molecule has 7 nitrogen and oxygen atoms in total. The highest BCUT2D eigenvalue weighted by Gasteiger charge is 2.26. The fourth-order valence-corrected chi connectivity index (χ4v) is 4.37. The number of H-pyrrole nitrogens is 1. The minimum Gasteiger partial charge on any atom is -0.302 e. The summed E-state index contributed by atoms with van der Waals surface area (Å²) in [4.78, 5) is 24.9. The van der Waals surface area contributed by atoms with Crippen LogP contribution in [0.2, 0.25) is 0 Å². The summed E-state index contributed by atoms with van der Waals surface area (Å²) in [5.74, 6) is -0.531. The van der Waals surface area contributed by atoms with Crippen molar-refractivity contribution >= 4 is 26.0 Å². The predicted molar refractivity (Wildman–Crippen MR) is 105 cm³/mol. The first-order valence-electron chi connectivity index (χ1n) is 8.00. The quantitative estimate of drug-likeness (QED) is 0.599. The number of aryl methyl sites for hydroxylation is 1. The molecular weight excluding hydrogens is 453 g/mol. The molecule has 1 atom stereocenters. The second kappa shape index (κ2) is 7.82. The third-order valence-corrected chi connectivity index (χ3v) is 5.91. The summed E-state index contributed by atoms with van der Waals surface area (Å²) in [6, 6.07) is 11.3. The van der Waals surface area contributed by atoms with Gasteiger partial charge in [0.15, 0.2) is 4.90 Å². The highest BCUT2D eigenvalue weighted by atomic mass is 79.9. The van der Waals surface area contributed by atoms with E-state index in [1.807, 2.05) is 4.98 Å². The number of aromatic amines is 1. The van der Waals surface area contributed by atoms with Crippen molar-refractivity contribution in [2.75, 3.05) is 0 Å². The van der Waals surface area contributed by atoms with Crippen molar-refractivity contribution in [2.24, 2.45) is 7.05 Å². The summed E-state index contributed by atoms with van der Waals surface area (Å²) in [7, 11) is -3.03. The van der Waals surface area contributed by atoms with Gasteiger partial charge in [-0.1, -0.05) is 40.2 Å². The number of rotatable bonds is 5. The van der Waals surface area contributed by atoms with E-state index < -0.39 is 38.0 Å². The van der Waals surface area contributed by atoms with E-state index in [9.17, 15) is 22.4 Å². The fraction of sp³-hybridized carbons (Fsp3) is 0.111. The van der Waals surface area contributed by atoms with Gasteiger partial charge in [-0.15, -0.1) is 0 Å². The average Bonchev–Trinajstić information content (AvgIpc) is 2.62. The molecule has 2 aromatic carbocycles. The molecule has 0 saturated carbocycles. The summed E-state index contributed by atoms with van der Waals surface area (Å²) in [6.45, 7) is 0. The largest absolute Gasteiger partial charge is 0.328 e. The number of nitrogens with one attached hydrogen (secondary N) is 2. The Labute approximate surface area is 168 Å². The topological polar surface area (TPSA) is 101 Å². The lowest BCUT2D eigenvalue weighted by Crippen LogP contribution is -2.37. The van der Waals surface area contributed by atoms with Gasteiger partial charge in [-0.25, -0.2) is 17.6 Å². The van der Waals surface area contributed by atoms with Gasteiger partial charge >= 0.3 is 5.69 Å². The van der Waals surface area contributed by atoms with Crippen LogP contribution in [0, 0.1) is 5.82 Å². The van der Waals surface area contributed by atoms with Crippen LogP contribution >= 0.6 is 15.9 Å². The first kappa shape index (κ1) is 20.2. The molecule has 146 valence electrons. The van der Waals surface area contributed by atoms with Crippen LogP contribution in [0.1, 0.15) is 17.2 Å². The summed E-state index contributed by atoms with van der Waals surface area (Å²) >= 11 is 3.33. The second-order valence-corrected chi connectivity index (χ2v) is 8.63. The lowest BCUT2D eigenvalue weighted by atomic mass is 10.00. The van der Waals surface area contributed by atoms with Gasteiger partial charge in [0.2, 0.25) is 10.0 Å². The second-order valence-electron chi connectivity index (χ2n) is 6.03. The number of sulfonamides is 1. The van der Waals surface area contributed by atoms with Crippen molar-refractivity contribution in [3.63, 3.8) is 0 Å². The molecule has 0 saturated heterocycles. The monoisotopic (exact) mass is 467 g/mol. The van der Waals surface area contributed by atoms with E-state index >= 15 is 0 Å². The molecule has 0 aliphatic heterocycles. The van der Waals surface area contributed by atoms with Gasteiger partial charge in [-0.3, -0.25) is 9.78 Å². The maximum absolute atomic E-state index is 13.8. The van der Waals surface area contributed by atoms with E-state index in [0.29, 0.717) is 15.6 Å². The smallest absolute Gasteiger partial charge is 0.302 e. The van der Waals surface area contributed by atoms with Gasteiger partial charge < -0.3 is 4.57 Å². The fourth-order valence-electron chi connectivity index (χ4n) is 2.65. The minimum absolute atomic E-state index is 0.350. The highest BCUT2D eigenvalue weighted by molar-refractivity contribution is 9.10. The third kappa shape index (κ3) is 4.29. The zero-order chi connectivity index (χ0) is 20.5. The molecule has 0 spiro atoms. The molecule has 1 aromatic heterocycles. The molecule has 0 radical (unpaired) electrons. The van der Waals surface area contributed by atoms with Crippen LogP contribution in [0.3, 0.4) is 0 Å².